The molecule has 0 saturated carbocycles. The third-order valence-electron chi connectivity index (χ3n) is 3.84. The lowest BCUT2D eigenvalue weighted by molar-refractivity contribution is -0.137. The van der Waals surface area contributed by atoms with Crippen LogP contribution in [0, 0.1) is 0 Å². The quantitative estimate of drug-likeness (QED) is 0.817. The van der Waals surface area contributed by atoms with Gasteiger partial charge in [-0.25, -0.2) is 8.42 Å². The maximum absolute atomic E-state index is 12.6. The predicted molar refractivity (Wildman–Crippen MR) is 87.4 cm³/mol. The minimum Gasteiger partial charge on any atom is -0.279 e. The van der Waals surface area contributed by atoms with Crippen molar-refractivity contribution in [1.82, 2.24) is 0 Å². The molecular formula is C17H18F3NO2S. The normalized spacial score (nSPS) is 13.5. The summed E-state index contributed by atoms with van der Waals surface area (Å²) in [5.41, 5.74) is 0.392. The van der Waals surface area contributed by atoms with Crippen molar-refractivity contribution in [3.8, 4) is 0 Å². The van der Waals surface area contributed by atoms with E-state index < -0.39 is 21.8 Å². The van der Waals surface area contributed by atoms with E-state index in [0.29, 0.717) is 5.69 Å². The summed E-state index contributed by atoms with van der Waals surface area (Å²) in [6.45, 7) is 3.97. The lowest BCUT2D eigenvalue weighted by Crippen LogP contribution is -2.15. The van der Waals surface area contributed by atoms with E-state index in [1.807, 2.05) is 26.0 Å². The predicted octanol–water partition coefficient (Wildman–Crippen LogP) is 5.02. The van der Waals surface area contributed by atoms with Gasteiger partial charge >= 0.3 is 6.18 Å². The van der Waals surface area contributed by atoms with Crippen LogP contribution in [0.4, 0.5) is 18.9 Å². The van der Waals surface area contributed by atoms with Crippen molar-refractivity contribution < 1.29 is 21.6 Å². The Labute approximate surface area is 139 Å². The van der Waals surface area contributed by atoms with Crippen LogP contribution < -0.4 is 4.72 Å². The molecule has 130 valence electrons. The highest BCUT2D eigenvalue weighted by Gasteiger charge is 2.30. The van der Waals surface area contributed by atoms with E-state index in [1.54, 1.807) is 12.1 Å². The number of hydrogen-bond donors (Lipinski definition) is 1. The Balaban J connectivity index is 2.33. The minimum atomic E-state index is -4.50. The fraction of sp³-hybridized carbons (Fsp3) is 0.294. The van der Waals surface area contributed by atoms with Gasteiger partial charge in [0.1, 0.15) is 0 Å². The van der Waals surface area contributed by atoms with Crippen LogP contribution in [0.2, 0.25) is 0 Å². The van der Waals surface area contributed by atoms with Crippen LogP contribution in [0.25, 0.3) is 0 Å². The second kappa shape index (κ2) is 6.84. The average Bonchev–Trinajstić information content (AvgIpc) is 2.53. The van der Waals surface area contributed by atoms with Gasteiger partial charge in [0, 0.05) is 0 Å². The number of rotatable bonds is 5. The molecule has 0 amide bonds. The Kier molecular flexibility index (Phi) is 5.22. The van der Waals surface area contributed by atoms with Crippen molar-refractivity contribution in [1.29, 1.82) is 0 Å². The molecule has 24 heavy (non-hydrogen) atoms. The van der Waals surface area contributed by atoms with Gasteiger partial charge in [-0.05, 0) is 48.2 Å². The van der Waals surface area contributed by atoms with E-state index in [4.69, 9.17) is 0 Å². The SMILES string of the molecule is CCC(C)c1ccccc1NS(=O)(=O)c1ccc(C(F)(F)F)cc1. The molecule has 1 unspecified atom stereocenters. The maximum atomic E-state index is 12.6. The molecule has 1 N–H and O–H groups in total. The number of sulfonamides is 1. The number of hydrogen-bond acceptors (Lipinski definition) is 2. The minimum absolute atomic E-state index is 0.150. The topological polar surface area (TPSA) is 46.2 Å². The largest absolute Gasteiger partial charge is 0.416 e. The van der Waals surface area contributed by atoms with Crippen LogP contribution in [0.1, 0.15) is 37.3 Å². The molecule has 2 rings (SSSR count). The molecule has 0 aliphatic rings. The lowest BCUT2D eigenvalue weighted by Gasteiger charge is -2.16. The van der Waals surface area contributed by atoms with E-state index in [2.05, 4.69) is 4.72 Å². The highest BCUT2D eigenvalue weighted by molar-refractivity contribution is 7.92. The summed E-state index contributed by atoms with van der Waals surface area (Å²) in [7, 11) is -3.96. The average molecular weight is 357 g/mol. The van der Waals surface area contributed by atoms with E-state index >= 15 is 0 Å². The van der Waals surface area contributed by atoms with Gasteiger partial charge in [-0.2, -0.15) is 13.2 Å². The van der Waals surface area contributed by atoms with Crippen molar-refractivity contribution in [2.24, 2.45) is 0 Å². The van der Waals surface area contributed by atoms with Crippen LogP contribution in [0.3, 0.4) is 0 Å². The van der Waals surface area contributed by atoms with Gasteiger partial charge in [-0.1, -0.05) is 32.0 Å². The third-order valence-corrected chi connectivity index (χ3v) is 5.22. The zero-order valence-electron chi connectivity index (χ0n) is 13.3. The molecule has 2 aromatic rings. The first-order chi connectivity index (χ1) is 11.1. The fourth-order valence-corrected chi connectivity index (χ4v) is 3.35. The zero-order chi connectivity index (χ0) is 18.0. The molecule has 0 saturated heterocycles. The molecule has 0 aliphatic carbocycles. The molecule has 7 heteroatoms. The molecule has 0 heterocycles. The second-order valence-electron chi connectivity index (χ2n) is 5.52. The maximum Gasteiger partial charge on any atom is 0.416 e. The smallest absolute Gasteiger partial charge is 0.279 e. The van der Waals surface area contributed by atoms with Crippen LogP contribution >= 0.6 is 0 Å². The van der Waals surface area contributed by atoms with E-state index in [1.165, 1.54) is 0 Å². The van der Waals surface area contributed by atoms with E-state index in [0.717, 1.165) is 36.2 Å². The summed E-state index contributed by atoms with van der Waals surface area (Å²) in [5.74, 6) is 0.150. The van der Waals surface area contributed by atoms with Crippen molar-refractivity contribution in [3.05, 3.63) is 59.7 Å². The molecule has 0 aliphatic heterocycles. The summed E-state index contributed by atoms with van der Waals surface area (Å²) >= 11 is 0. The first kappa shape index (κ1) is 18.3. The molecule has 3 nitrogen and oxygen atoms in total. The van der Waals surface area contributed by atoms with Crippen LogP contribution in [0.15, 0.2) is 53.4 Å². The van der Waals surface area contributed by atoms with Crippen molar-refractivity contribution in [2.45, 2.75) is 37.3 Å². The van der Waals surface area contributed by atoms with Crippen molar-refractivity contribution in [3.63, 3.8) is 0 Å². The summed E-state index contributed by atoms with van der Waals surface area (Å²) in [6.07, 6.45) is -3.67. The van der Waals surface area contributed by atoms with Crippen molar-refractivity contribution >= 4 is 15.7 Å². The Morgan fingerprint density at radius 2 is 1.62 bits per heavy atom. The standard InChI is InChI=1S/C17H18F3NO2S/c1-3-12(2)15-6-4-5-7-16(15)21-24(22,23)14-10-8-13(9-11-14)17(18,19)20/h4-12,21H,3H2,1-2H3. The third kappa shape index (κ3) is 4.08. The number of halogens is 3. The Morgan fingerprint density at radius 3 is 2.17 bits per heavy atom. The molecule has 0 radical (unpaired) electrons. The summed E-state index contributed by atoms with van der Waals surface area (Å²) in [5, 5.41) is 0. The van der Waals surface area contributed by atoms with E-state index in [9.17, 15) is 21.6 Å². The molecule has 2 aromatic carbocycles. The van der Waals surface area contributed by atoms with Gasteiger partial charge in [0.05, 0.1) is 16.1 Å². The molecule has 0 aromatic heterocycles. The highest BCUT2D eigenvalue weighted by Crippen LogP contribution is 2.31. The fourth-order valence-electron chi connectivity index (χ4n) is 2.27. The van der Waals surface area contributed by atoms with Gasteiger partial charge in [0.2, 0.25) is 0 Å². The van der Waals surface area contributed by atoms with Gasteiger partial charge in [0.25, 0.3) is 10.0 Å². The summed E-state index contributed by atoms with van der Waals surface area (Å²) in [6, 6.07) is 10.4. The summed E-state index contributed by atoms with van der Waals surface area (Å²) in [4.78, 5) is -0.213. The van der Waals surface area contributed by atoms with Gasteiger partial charge in [-0.3, -0.25) is 4.72 Å². The molecule has 1 atom stereocenters. The number of alkyl halides is 3. The number of nitrogens with one attached hydrogen (secondary N) is 1. The van der Waals surface area contributed by atoms with Gasteiger partial charge in [-0.15, -0.1) is 0 Å². The first-order valence-corrected chi connectivity index (χ1v) is 8.92. The zero-order valence-corrected chi connectivity index (χ0v) is 14.1. The Bertz CT molecular complexity index is 799. The number of para-hydroxylation sites is 1. The molecule has 0 fully saturated rings. The Hall–Kier alpha value is -2.02. The summed E-state index contributed by atoms with van der Waals surface area (Å²) < 4.78 is 65.1. The van der Waals surface area contributed by atoms with Crippen LogP contribution in [-0.2, 0) is 16.2 Å². The molecular weight excluding hydrogens is 339 g/mol. The molecule has 0 bridgehead atoms. The van der Waals surface area contributed by atoms with Crippen molar-refractivity contribution in [2.75, 3.05) is 4.72 Å². The first-order valence-electron chi connectivity index (χ1n) is 7.44. The number of anilines is 1. The Morgan fingerprint density at radius 1 is 1.04 bits per heavy atom. The van der Waals surface area contributed by atoms with E-state index in [-0.39, 0.29) is 10.8 Å². The highest BCUT2D eigenvalue weighted by atomic mass is 32.2. The van der Waals surface area contributed by atoms with Crippen LogP contribution in [-0.4, -0.2) is 8.42 Å². The monoisotopic (exact) mass is 357 g/mol. The molecule has 0 spiro atoms. The second-order valence-corrected chi connectivity index (χ2v) is 7.21. The van der Waals surface area contributed by atoms with Gasteiger partial charge in [0.15, 0.2) is 0 Å². The van der Waals surface area contributed by atoms with Crippen LogP contribution in [0.5, 0.6) is 0 Å². The van der Waals surface area contributed by atoms with Gasteiger partial charge < -0.3 is 0 Å². The number of benzene rings is 2. The lowest BCUT2D eigenvalue weighted by atomic mass is 9.97.